The van der Waals surface area contributed by atoms with Gasteiger partial charge in [-0.25, -0.2) is 0 Å². The Hall–Kier alpha value is 0. The second-order valence-corrected chi connectivity index (χ2v) is 5.60. The molecule has 0 aliphatic rings. The second-order valence-electron chi connectivity index (χ2n) is 5.60. The Kier molecular flexibility index (Phi) is 6.48. The van der Waals surface area contributed by atoms with E-state index in [0.717, 1.165) is 11.8 Å². The van der Waals surface area contributed by atoms with Gasteiger partial charge in [-0.2, -0.15) is 0 Å². The summed E-state index contributed by atoms with van der Waals surface area (Å²) in [6, 6.07) is 0. The number of rotatable bonds is 7. The van der Waals surface area contributed by atoms with Crippen LogP contribution in [0.3, 0.4) is 0 Å². The zero-order chi connectivity index (χ0) is 11.2. The third-order valence-corrected chi connectivity index (χ3v) is 3.51. The van der Waals surface area contributed by atoms with Gasteiger partial charge in [0.25, 0.3) is 0 Å². The Morgan fingerprint density at radius 1 is 1.14 bits per heavy atom. The minimum absolute atomic E-state index is 0.510. The highest BCUT2D eigenvalue weighted by atomic mass is 14.2. The molecule has 85 valence electrons. The van der Waals surface area contributed by atoms with Crippen LogP contribution >= 0.6 is 0 Å². The molecule has 0 rings (SSSR count). The van der Waals surface area contributed by atoms with Gasteiger partial charge < -0.3 is 0 Å². The highest BCUT2D eigenvalue weighted by Gasteiger charge is 2.19. The van der Waals surface area contributed by atoms with Crippen molar-refractivity contribution in [2.45, 2.75) is 67.2 Å². The lowest BCUT2D eigenvalue weighted by atomic mass is 9.79. The van der Waals surface area contributed by atoms with Gasteiger partial charge in [-0.15, -0.1) is 0 Å². The first-order chi connectivity index (χ1) is 6.43. The molecule has 0 saturated carbocycles. The van der Waals surface area contributed by atoms with Crippen LogP contribution in [0.1, 0.15) is 67.2 Å². The van der Waals surface area contributed by atoms with Gasteiger partial charge in [0.15, 0.2) is 0 Å². The molecule has 0 heteroatoms. The standard InChI is InChI=1S/C14H29/c1-7-10-14(5,6)11-9-13(4)12(3)8-2/h9,12-13H,7-8,10-11H2,1-6H3. The minimum atomic E-state index is 0.510. The minimum Gasteiger partial charge on any atom is -0.0654 e. The van der Waals surface area contributed by atoms with Gasteiger partial charge in [0.05, 0.1) is 0 Å². The summed E-state index contributed by atoms with van der Waals surface area (Å²) in [5, 5.41) is 0. The summed E-state index contributed by atoms with van der Waals surface area (Å²) in [7, 11) is 0. The van der Waals surface area contributed by atoms with Crippen LogP contribution in [0.5, 0.6) is 0 Å². The van der Waals surface area contributed by atoms with E-state index in [0.29, 0.717) is 5.41 Å². The summed E-state index contributed by atoms with van der Waals surface area (Å²) in [6.45, 7) is 14.0. The molecule has 0 amide bonds. The number of hydrogen-bond donors (Lipinski definition) is 0. The molecule has 0 N–H and O–H groups in total. The molecule has 2 unspecified atom stereocenters. The van der Waals surface area contributed by atoms with E-state index >= 15 is 0 Å². The molecule has 0 aromatic rings. The predicted octanol–water partition coefficient (Wildman–Crippen LogP) is 5.09. The van der Waals surface area contributed by atoms with Crippen molar-refractivity contribution in [3.05, 3.63) is 6.42 Å². The zero-order valence-corrected chi connectivity index (χ0v) is 11.1. The summed E-state index contributed by atoms with van der Waals surface area (Å²) in [6.07, 6.45) is 7.75. The van der Waals surface area contributed by atoms with Crippen LogP contribution in [0.2, 0.25) is 0 Å². The van der Waals surface area contributed by atoms with Gasteiger partial charge in [-0.05, 0) is 36.5 Å². The van der Waals surface area contributed by atoms with Crippen molar-refractivity contribution >= 4 is 0 Å². The van der Waals surface area contributed by atoms with Crippen LogP contribution in [0.4, 0.5) is 0 Å². The van der Waals surface area contributed by atoms with E-state index in [4.69, 9.17) is 0 Å². The molecule has 2 atom stereocenters. The molecular formula is C14H29. The molecule has 0 aromatic carbocycles. The fraction of sp³-hybridized carbons (Fsp3) is 0.929. The largest absolute Gasteiger partial charge is 0.0654 e. The lowest BCUT2D eigenvalue weighted by Crippen LogP contribution is -2.15. The topological polar surface area (TPSA) is 0 Å². The molecule has 0 nitrogen and oxygen atoms in total. The highest BCUT2D eigenvalue weighted by molar-refractivity contribution is 4.83. The van der Waals surface area contributed by atoms with Crippen molar-refractivity contribution in [3.8, 4) is 0 Å². The lowest BCUT2D eigenvalue weighted by molar-refractivity contribution is 0.297. The maximum atomic E-state index is 2.53. The summed E-state index contributed by atoms with van der Waals surface area (Å²) < 4.78 is 0. The van der Waals surface area contributed by atoms with Crippen molar-refractivity contribution in [2.24, 2.45) is 17.3 Å². The maximum Gasteiger partial charge on any atom is -0.0350 e. The predicted molar refractivity (Wildman–Crippen MR) is 66.2 cm³/mol. The molecule has 0 saturated heterocycles. The monoisotopic (exact) mass is 197 g/mol. The summed E-state index contributed by atoms with van der Waals surface area (Å²) >= 11 is 0. The van der Waals surface area contributed by atoms with E-state index in [2.05, 4.69) is 48.0 Å². The smallest absolute Gasteiger partial charge is 0.0350 e. The Bertz CT molecular complexity index is 135. The number of hydrogen-bond acceptors (Lipinski definition) is 0. The molecule has 0 aliphatic heterocycles. The second kappa shape index (κ2) is 6.48. The molecule has 0 aromatic heterocycles. The molecule has 0 spiro atoms. The molecule has 14 heavy (non-hydrogen) atoms. The maximum absolute atomic E-state index is 2.53. The first kappa shape index (κ1) is 14.0. The van der Waals surface area contributed by atoms with Crippen LogP contribution in [-0.4, -0.2) is 0 Å². The Labute approximate surface area is 91.5 Å². The average molecular weight is 197 g/mol. The SMILES string of the molecule is CCCC(C)(C)C[CH]C(C)C(C)CC. The van der Waals surface area contributed by atoms with Gasteiger partial charge in [0.1, 0.15) is 0 Å². The lowest BCUT2D eigenvalue weighted by Gasteiger charge is -2.27. The first-order valence-electron chi connectivity index (χ1n) is 6.26. The van der Waals surface area contributed by atoms with E-state index < -0.39 is 0 Å². The quantitative estimate of drug-likeness (QED) is 0.533. The van der Waals surface area contributed by atoms with E-state index in [-0.39, 0.29) is 0 Å². The third-order valence-electron chi connectivity index (χ3n) is 3.51. The zero-order valence-electron chi connectivity index (χ0n) is 11.1. The van der Waals surface area contributed by atoms with Gasteiger partial charge in [-0.1, -0.05) is 54.4 Å². The molecule has 0 fully saturated rings. The van der Waals surface area contributed by atoms with Crippen LogP contribution in [0.25, 0.3) is 0 Å². The fourth-order valence-electron chi connectivity index (χ4n) is 1.89. The molecular weight excluding hydrogens is 168 g/mol. The van der Waals surface area contributed by atoms with E-state index in [1.807, 2.05) is 0 Å². The van der Waals surface area contributed by atoms with Crippen LogP contribution in [-0.2, 0) is 0 Å². The Morgan fingerprint density at radius 2 is 1.71 bits per heavy atom. The summed E-state index contributed by atoms with van der Waals surface area (Å²) in [5.41, 5.74) is 0.510. The highest BCUT2D eigenvalue weighted by Crippen LogP contribution is 2.31. The third kappa shape index (κ3) is 5.67. The van der Waals surface area contributed by atoms with Crippen LogP contribution in [0, 0.1) is 23.7 Å². The van der Waals surface area contributed by atoms with Crippen molar-refractivity contribution in [1.82, 2.24) is 0 Å². The van der Waals surface area contributed by atoms with Gasteiger partial charge in [0, 0.05) is 0 Å². The van der Waals surface area contributed by atoms with E-state index in [9.17, 15) is 0 Å². The molecule has 0 aliphatic carbocycles. The van der Waals surface area contributed by atoms with Crippen LogP contribution < -0.4 is 0 Å². The molecule has 1 radical (unpaired) electrons. The van der Waals surface area contributed by atoms with Gasteiger partial charge in [0.2, 0.25) is 0 Å². The van der Waals surface area contributed by atoms with Crippen molar-refractivity contribution in [1.29, 1.82) is 0 Å². The van der Waals surface area contributed by atoms with E-state index in [1.54, 1.807) is 0 Å². The molecule has 0 heterocycles. The summed E-state index contributed by atoms with van der Waals surface area (Å²) in [4.78, 5) is 0. The van der Waals surface area contributed by atoms with Crippen molar-refractivity contribution < 1.29 is 0 Å². The first-order valence-corrected chi connectivity index (χ1v) is 6.26. The Morgan fingerprint density at radius 3 is 2.14 bits per heavy atom. The summed E-state index contributed by atoms with van der Waals surface area (Å²) in [5.74, 6) is 1.61. The van der Waals surface area contributed by atoms with E-state index in [1.165, 1.54) is 25.7 Å². The van der Waals surface area contributed by atoms with Crippen LogP contribution in [0.15, 0.2) is 0 Å². The fourth-order valence-corrected chi connectivity index (χ4v) is 1.89. The normalized spacial score (nSPS) is 16.7. The molecule has 0 bridgehead atoms. The van der Waals surface area contributed by atoms with Gasteiger partial charge in [-0.3, -0.25) is 0 Å². The van der Waals surface area contributed by atoms with Crippen molar-refractivity contribution in [2.75, 3.05) is 0 Å². The average Bonchev–Trinajstić information content (AvgIpc) is 2.13. The van der Waals surface area contributed by atoms with Gasteiger partial charge >= 0.3 is 0 Å². The Balaban J connectivity index is 3.80. The van der Waals surface area contributed by atoms with Crippen molar-refractivity contribution in [3.63, 3.8) is 0 Å².